The van der Waals surface area contributed by atoms with Crippen LogP contribution in [0.25, 0.3) is 11.3 Å². The van der Waals surface area contributed by atoms with Crippen molar-refractivity contribution in [2.24, 2.45) is 5.10 Å². The summed E-state index contributed by atoms with van der Waals surface area (Å²) < 4.78 is 13.0. The molecule has 0 saturated heterocycles. The van der Waals surface area contributed by atoms with Crippen LogP contribution in [-0.2, 0) is 0 Å². The van der Waals surface area contributed by atoms with Gasteiger partial charge in [-0.2, -0.15) is 5.10 Å². The minimum atomic E-state index is -0.242. The molecule has 2 heterocycles. The van der Waals surface area contributed by atoms with Crippen LogP contribution in [0.1, 0.15) is 6.42 Å². The molecular formula is C18H15FN4S. The Morgan fingerprint density at radius 1 is 1.04 bits per heavy atom. The molecule has 0 spiro atoms. The van der Waals surface area contributed by atoms with Crippen molar-refractivity contribution in [3.8, 4) is 11.3 Å². The van der Waals surface area contributed by atoms with Crippen LogP contribution in [0.15, 0.2) is 65.1 Å². The predicted octanol–water partition coefficient (Wildman–Crippen LogP) is 4.58. The van der Waals surface area contributed by atoms with E-state index in [9.17, 15) is 4.39 Å². The van der Waals surface area contributed by atoms with Gasteiger partial charge in [-0.15, -0.1) is 11.3 Å². The number of para-hydroxylation sites is 1. The minimum Gasteiger partial charge on any atom is -0.318 e. The molecule has 24 heavy (non-hydrogen) atoms. The van der Waals surface area contributed by atoms with Crippen LogP contribution in [0.4, 0.5) is 15.2 Å². The van der Waals surface area contributed by atoms with Gasteiger partial charge < -0.3 is 5.32 Å². The van der Waals surface area contributed by atoms with Crippen molar-refractivity contribution < 1.29 is 4.39 Å². The number of anilines is 2. The van der Waals surface area contributed by atoms with Gasteiger partial charge in [0.25, 0.3) is 0 Å². The Labute approximate surface area is 143 Å². The first-order valence-corrected chi connectivity index (χ1v) is 8.54. The Hall–Kier alpha value is -2.73. The molecule has 0 aliphatic carbocycles. The first-order chi connectivity index (χ1) is 11.8. The second kappa shape index (κ2) is 6.41. The summed E-state index contributed by atoms with van der Waals surface area (Å²) in [5, 5.41) is 12.6. The lowest BCUT2D eigenvalue weighted by atomic mass is 10.2. The van der Waals surface area contributed by atoms with E-state index in [0.29, 0.717) is 0 Å². The highest BCUT2D eigenvalue weighted by molar-refractivity contribution is 7.14. The number of benzene rings is 2. The Morgan fingerprint density at radius 2 is 1.83 bits per heavy atom. The van der Waals surface area contributed by atoms with Crippen LogP contribution in [0, 0.1) is 5.82 Å². The van der Waals surface area contributed by atoms with E-state index in [1.807, 2.05) is 40.7 Å². The maximum Gasteiger partial charge on any atom is 0.188 e. The molecule has 3 aromatic rings. The summed E-state index contributed by atoms with van der Waals surface area (Å²) in [6.45, 7) is 0.850. The average Bonchev–Trinajstić information content (AvgIpc) is 3.27. The fraction of sp³-hybridized carbons (Fsp3) is 0.111. The van der Waals surface area contributed by atoms with E-state index in [1.54, 1.807) is 12.1 Å². The van der Waals surface area contributed by atoms with Crippen LogP contribution in [0.3, 0.4) is 0 Å². The molecule has 0 saturated carbocycles. The first kappa shape index (κ1) is 14.8. The zero-order valence-electron chi connectivity index (χ0n) is 12.8. The molecule has 6 heteroatoms. The molecule has 120 valence electrons. The van der Waals surface area contributed by atoms with Gasteiger partial charge in [0.2, 0.25) is 0 Å². The van der Waals surface area contributed by atoms with Crippen LogP contribution in [0.5, 0.6) is 0 Å². The second-order valence-corrected chi connectivity index (χ2v) is 6.28. The van der Waals surface area contributed by atoms with Crippen molar-refractivity contribution >= 4 is 28.0 Å². The molecular weight excluding hydrogens is 323 g/mol. The number of hydrazone groups is 1. The molecule has 1 aromatic heterocycles. The van der Waals surface area contributed by atoms with Gasteiger partial charge in [0, 0.05) is 23.9 Å². The summed E-state index contributed by atoms with van der Waals surface area (Å²) in [5.41, 5.74) is 2.82. The highest BCUT2D eigenvalue weighted by atomic mass is 32.1. The lowest BCUT2D eigenvalue weighted by Crippen LogP contribution is -2.11. The second-order valence-electron chi connectivity index (χ2n) is 5.43. The topological polar surface area (TPSA) is 40.5 Å². The Balaban J connectivity index is 1.47. The number of amidine groups is 1. The Bertz CT molecular complexity index is 858. The standard InChI is InChI=1S/C18H15FN4S/c19-14-8-6-13(7-9-14)16-12-24-18(20-16)21-17-10-11-23(22-17)15-4-2-1-3-5-15/h1-9,12H,10-11H2,(H,20,21,22). The third-order valence-corrected chi connectivity index (χ3v) is 4.51. The van der Waals surface area contributed by atoms with Gasteiger partial charge in [-0.1, -0.05) is 18.2 Å². The SMILES string of the molecule is Fc1ccc(-c2csc(NC3=NN(c4ccccc4)CC3)n2)cc1. The number of hydrogen-bond donors (Lipinski definition) is 1. The first-order valence-electron chi connectivity index (χ1n) is 7.66. The number of hydrogen-bond acceptors (Lipinski definition) is 5. The highest BCUT2D eigenvalue weighted by Gasteiger charge is 2.17. The van der Waals surface area contributed by atoms with Crippen molar-refractivity contribution in [1.29, 1.82) is 0 Å². The quantitative estimate of drug-likeness (QED) is 0.759. The number of nitrogens with zero attached hydrogens (tertiary/aromatic N) is 3. The summed E-state index contributed by atoms with van der Waals surface area (Å²) >= 11 is 1.52. The molecule has 1 aliphatic heterocycles. The molecule has 4 rings (SSSR count). The van der Waals surface area contributed by atoms with Crippen molar-refractivity contribution in [3.05, 3.63) is 65.8 Å². The fourth-order valence-corrected chi connectivity index (χ4v) is 3.28. The molecule has 2 aromatic carbocycles. The molecule has 0 unspecified atom stereocenters. The van der Waals surface area contributed by atoms with Gasteiger partial charge in [0.15, 0.2) is 5.13 Å². The molecule has 0 fully saturated rings. The lowest BCUT2D eigenvalue weighted by Gasteiger charge is -2.12. The van der Waals surface area contributed by atoms with Crippen molar-refractivity contribution in [2.75, 3.05) is 16.9 Å². The third kappa shape index (κ3) is 3.14. The van der Waals surface area contributed by atoms with Crippen molar-refractivity contribution in [2.45, 2.75) is 6.42 Å². The van der Waals surface area contributed by atoms with Gasteiger partial charge in [-0.25, -0.2) is 9.37 Å². The van der Waals surface area contributed by atoms with E-state index in [-0.39, 0.29) is 5.82 Å². The van der Waals surface area contributed by atoms with Gasteiger partial charge in [0.05, 0.1) is 11.4 Å². The third-order valence-electron chi connectivity index (χ3n) is 3.75. The highest BCUT2D eigenvalue weighted by Crippen LogP contribution is 2.26. The van der Waals surface area contributed by atoms with Gasteiger partial charge in [-0.05, 0) is 36.4 Å². The smallest absolute Gasteiger partial charge is 0.188 e. The van der Waals surface area contributed by atoms with E-state index in [4.69, 9.17) is 0 Å². The maximum absolute atomic E-state index is 13.0. The largest absolute Gasteiger partial charge is 0.318 e. The molecule has 1 aliphatic rings. The monoisotopic (exact) mass is 338 g/mol. The molecule has 0 atom stereocenters. The zero-order chi connectivity index (χ0) is 16.4. The summed E-state index contributed by atoms with van der Waals surface area (Å²) in [6, 6.07) is 16.5. The Morgan fingerprint density at radius 3 is 2.62 bits per heavy atom. The summed E-state index contributed by atoms with van der Waals surface area (Å²) in [5.74, 6) is 0.660. The summed E-state index contributed by atoms with van der Waals surface area (Å²) in [4.78, 5) is 4.56. The van der Waals surface area contributed by atoms with Gasteiger partial charge in [0.1, 0.15) is 11.7 Å². The van der Waals surface area contributed by atoms with Crippen LogP contribution >= 0.6 is 11.3 Å². The van der Waals surface area contributed by atoms with Crippen molar-refractivity contribution in [1.82, 2.24) is 4.98 Å². The van der Waals surface area contributed by atoms with Crippen molar-refractivity contribution in [3.63, 3.8) is 0 Å². The molecule has 0 bridgehead atoms. The average molecular weight is 338 g/mol. The number of halogens is 1. The molecule has 1 N–H and O–H groups in total. The normalized spacial score (nSPS) is 13.9. The van der Waals surface area contributed by atoms with E-state index in [1.165, 1.54) is 23.5 Å². The minimum absolute atomic E-state index is 0.242. The van der Waals surface area contributed by atoms with Gasteiger partial charge >= 0.3 is 0 Å². The number of aromatic nitrogens is 1. The van der Waals surface area contributed by atoms with E-state index in [2.05, 4.69) is 15.4 Å². The van der Waals surface area contributed by atoms with Crippen LogP contribution < -0.4 is 10.3 Å². The summed E-state index contributed by atoms with van der Waals surface area (Å²) in [6.07, 6.45) is 0.848. The van der Waals surface area contributed by atoms with E-state index >= 15 is 0 Å². The summed E-state index contributed by atoms with van der Waals surface area (Å²) in [7, 11) is 0. The fourth-order valence-electron chi connectivity index (χ4n) is 2.54. The molecule has 0 amide bonds. The van der Waals surface area contributed by atoms with E-state index in [0.717, 1.165) is 40.9 Å². The Kier molecular flexibility index (Phi) is 3.96. The number of rotatable bonds is 3. The number of nitrogens with one attached hydrogen (secondary N) is 1. The maximum atomic E-state index is 13.0. The molecule has 0 radical (unpaired) electrons. The zero-order valence-corrected chi connectivity index (χ0v) is 13.6. The van der Waals surface area contributed by atoms with E-state index < -0.39 is 0 Å². The van der Waals surface area contributed by atoms with Gasteiger partial charge in [-0.3, -0.25) is 5.01 Å². The molecule has 4 nitrogen and oxygen atoms in total. The van der Waals surface area contributed by atoms with Crippen LogP contribution in [-0.4, -0.2) is 17.4 Å². The van der Waals surface area contributed by atoms with Crippen LogP contribution in [0.2, 0.25) is 0 Å². The predicted molar refractivity (Wildman–Crippen MR) is 97.0 cm³/mol. The number of thiazole rings is 1. The lowest BCUT2D eigenvalue weighted by molar-refractivity contribution is 0.628.